The number of furan rings is 1. The molecule has 5 heteroatoms. The van der Waals surface area contributed by atoms with Crippen molar-refractivity contribution in [1.29, 1.82) is 0 Å². The van der Waals surface area contributed by atoms with Crippen LogP contribution in [-0.2, 0) is 0 Å². The van der Waals surface area contributed by atoms with Crippen molar-refractivity contribution in [1.82, 2.24) is 0 Å². The number of carboxylic acid groups (broad SMARTS) is 1. The second-order valence-corrected chi connectivity index (χ2v) is 3.61. The van der Waals surface area contributed by atoms with Crippen molar-refractivity contribution in [3.05, 3.63) is 28.4 Å². The van der Waals surface area contributed by atoms with Gasteiger partial charge in [-0.25, -0.2) is 4.79 Å². The summed E-state index contributed by atoms with van der Waals surface area (Å²) < 4.78 is 5.74. The Kier molecular flexibility index (Phi) is 1.96. The maximum absolute atomic E-state index is 10.7. The summed E-state index contributed by atoms with van der Waals surface area (Å²) in [7, 11) is 0. The van der Waals surface area contributed by atoms with Gasteiger partial charge in [0.1, 0.15) is 5.58 Å². The normalized spacial score (nSPS) is 10.6. The monoisotopic (exact) mass is 255 g/mol. The molecule has 0 saturated heterocycles. The van der Waals surface area contributed by atoms with E-state index in [0.717, 1.165) is 0 Å². The molecule has 1 aromatic heterocycles. The van der Waals surface area contributed by atoms with E-state index in [0.29, 0.717) is 21.3 Å². The number of carbonyl (C=O) groups is 1. The van der Waals surface area contributed by atoms with Crippen LogP contribution in [0, 0.1) is 0 Å². The maximum atomic E-state index is 10.7. The van der Waals surface area contributed by atoms with Crippen LogP contribution >= 0.6 is 15.9 Å². The van der Waals surface area contributed by atoms with Crippen LogP contribution in [0.2, 0.25) is 0 Å². The molecule has 0 spiro atoms. The molecule has 1 aromatic carbocycles. The van der Waals surface area contributed by atoms with Crippen molar-refractivity contribution in [3.63, 3.8) is 0 Å². The Morgan fingerprint density at radius 3 is 2.79 bits per heavy atom. The number of anilines is 1. The van der Waals surface area contributed by atoms with Crippen LogP contribution in [0.1, 0.15) is 10.4 Å². The van der Waals surface area contributed by atoms with Gasteiger partial charge in [-0.15, -0.1) is 0 Å². The highest BCUT2D eigenvalue weighted by molar-refractivity contribution is 9.10. The number of nitrogen functional groups attached to an aromatic ring is 1. The second-order valence-electron chi connectivity index (χ2n) is 2.83. The van der Waals surface area contributed by atoms with Gasteiger partial charge in [0, 0.05) is 17.1 Å². The number of hydrogen-bond acceptors (Lipinski definition) is 3. The topological polar surface area (TPSA) is 76.5 Å². The molecule has 72 valence electrons. The molecule has 4 nitrogen and oxygen atoms in total. The fraction of sp³-hybridized carbons (Fsp3) is 0. The van der Waals surface area contributed by atoms with Gasteiger partial charge in [-0.2, -0.15) is 0 Å². The SMILES string of the molecule is Nc1cc(C(=O)O)cc2oc(Br)cc12. The zero-order valence-corrected chi connectivity index (χ0v) is 8.54. The van der Waals surface area contributed by atoms with Crippen LogP contribution in [0.25, 0.3) is 11.0 Å². The second kappa shape index (κ2) is 3.02. The number of halogens is 1. The highest BCUT2D eigenvalue weighted by Gasteiger charge is 2.10. The van der Waals surface area contributed by atoms with E-state index in [1.807, 2.05) is 0 Å². The van der Waals surface area contributed by atoms with Gasteiger partial charge in [0.05, 0.1) is 5.56 Å². The van der Waals surface area contributed by atoms with Crippen LogP contribution < -0.4 is 5.73 Å². The predicted octanol–water partition coefficient (Wildman–Crippen LogP) is 2.48. The molecular weight excluding hydrogens is 250 g/mol. The number of aromatic carboxylic acids is 1. The molecule has 2 rings (SSSR count). The number of hydrogen-bond donors (Lipinski definition) is 2. The van der Waals surface area contributed by atoms with E-state index in [9.17, 15) is 4.79 Å². The van der Waals surface area contributed by atoms with Crippen LogP contribution in [-0.4, -0.2) is 11.1 Å². The summed E-state index contributed by atoms with van der Waals surface area (Å²) in [6.07, 6.45) is 0. The average Bonchev–Trinajstić information content (AvgIpc) is 2.45. The zero-order valence-electron chi connectivity index (χ0n) is 6.95. The first-order valence-electron chi connectivity index (χ1n) is 3.80. The molecule has 0 radical (unpaired) electrons. The highest BCUT2D eigenvalue weighted by Crippen LogP contribution is 2.29. The molecule has 0 atom stereocenters. The number of benzene rings is 1. The van der Waals surface area contributed by atoms with E-state index < -0.39 is 5.97 Å². The third kappa shape index (κ3) is 1.35. The molecule has 14 heavy (non-hydrogen) atoms. The zero-order chi connectivity index (χ0) is 10.3. The first-order chi connectivity index (χ1) is 6.58. The minimum absolute atomic E-state index is 0.122. The Balaban J connectivity index is 2.77. The minimum atomic E-state index is -1.02. The minimum Gasteiger partial charge on any atom is -0.478 e. The molecule has 0 saturated carbocycles. The number of fused-ring (bicyclic) bond motifs is 1. The van der Waals surface area contributed by atoms with Gasteiger partial charge in [0.2, 0.25) is 0 Å². The van der Waals surface area contributed by atoms with E-state index in [1.165, 1.54) is 12.1 Å². The molecule has 0 bridgehead atoms. The Labute approximate surface area is 87.4 Å². The third-order valence-electron chi connectivity index (χ3n) is 1.89. The van der Waals surface area contributed by atoms with Gasteiger partial charge in [-0.1, -0.05) is 0 Å². The lowest BCUT2D eigenvalue weighted by molar-refractivity contribution is 0.0697. The quantitative estimate of drug-likeness (QED) is 0.768. The molecule has 0 fully saturated rings. The Morgan fingerprint density at radius 1 is 1.43 bits per heavy atom. The summed E-state index contributed by atoms with van der Waals surface area (Å²) in [6.45, 7) is 0. The average molecular weight is 256 g/mol. The molecule has 0 aliphatic rings. The fourth-order valence-corrected chi connectivity index (χ4v) is 1.66. The summed E-state index contributed by atoms with van der Waals surface area (Å²) in [6, 6.07) is 4.56. The molecule has 0 aliphatic heterocycles. The summed E-state index contributed by atoms with van der Waals surface area (Å²) in [5.41, 5.74) is 6.65. The van der Waals surface area contributed by atoms with Crippen molar-refractivity contribution in [3.8, 4) is 0 Å². The molecule has 1 heterocycles. The fourth-order valence-electron chi connectivity index (χ4n) is 1.26. The first-order valence-corrected chi connectivity index (χ1v) is 4.59. The Hall–Kier alpha value is -1.49. The Bertz CT molecular complexity index is 518. The van der Waals surface area contributed by atoms with Crippen molar-refractivity contribution >= 4 is 38.6 Å². The lowest BCUT2D eigenvalue weighted by atomic mass is 10.1. The highest BCUT2D eigenvalue weighted by atomic mass is 79.9. The summed E-state index contributed by atoms with van der Waals surface area (Å²) in [5.74, 6) is -1.02. The summed E-state index contributed by atoms with van der Waals surface area (Å²) in [4.78, 5) is 10.7. The van der Waals surface area contributed by atoms with Crippen LogP contribution in [0.4, 0.5) is 5.69 Å². The van der Waals surface area contributed by atoms with Gasteiger partial charge in [-0.05, 0) is 28.1 Å². The van der Waals surface area contributed by atoms with Gasteiger partial charge >= 0.3 is 5.97 Å². The van der Waals surface area contributed by atoms with E-state index in [4.69, 9.17) is 15.3 Å². The Morgan fingerprint density at radius 2 is 2.14 bits per heavy atom. The standard InChI is InChI=1S/C9H6BrNO3/c10-8-3-5-6(11)1-4(9(12)13)2-7(5)14-8/h1-3H,11H2,(H,12,13). The van der Waals surface area contributed by atoms with Gasteiger partial charge < -0.3 is 15.3 Å². The van der Waals surface area contributed by atoms with Crippen molar-refractivity contribution < 1.29 is 14.3 Å². The largest absolute Gasteiger partial charge is 0.478 e. The molecule has 0 aliphatic carbocycles. The van der Waals surface area contributed by atoms with E-state index in [1.54, 1.807) is 6.07 Å². The van der Waals surface area contributed by atoms with Crippen LogP contribution in [0.5, 0.6) is 0 Å². The van der Waals surface area contributed by atoms with Crippen molar-refractivity contribution in [2.75, 3.05) is 5.73 Å². The first kappa shape index (κ1) is 9.08. The van der Waals surface area contributed by atoms with E-state index in [2.05, 4.69) is 15.9 Å². The lowest BCUT2D eigenvalue weighted by Crippen LogP contribution is -1.97. The van der Waals surface area contributed by atoms with Crippen LogP contribution in [0.15, 0.2) is 27.3 Å². The number of rotatable bonds is 1. The van der Waals surface area contributed by atoms with Gasteiger partial charge in [0.15, 0.2) is 4.67 Å². The molecule has 3 N–H and O–H groups in total. The maximum Gasteiger partial charge on any atom is 0.335 e. The number of carboxylic acids is 1. The van der Waals surface area contributed by atoms with Crippen molar-refractivity contribution in [2.24, 2.45) is 0 Å². The molecule has 2 aromatic rings. The predicted molar refractivity (Wildman–Crippen MR) is 55.3 cm³/mol. The molecule has 0 unspecified atom stereocenters. The van der Waals surface area contributed by atoms with Crippen LogP contribution in [0.3, 0.4) is 0 Å². The van der Waals surface area contributed by atoms with Gasteiger partial charge in [-0.3, -0.25) is 0 Å². The molecule has 0 amide bonds. The van der Waals surface area contributed by atoms with E-state index in [-0.39, 0.29) is 5.56 Å². The van der Waals surface area contributed by atoms with E-state index >= 15 is 0 Å². The smallest absolute Gasteiger partial charge is 0.335 e. The van der Waals surface area contributed by atoms with Crippen molar-refractivity contribution in [2.45, 2.75) is 0 Å². The molecular formula is C9H6BrNO3. The summed E-state index contributed by atoms with van der Waals surface area (Å²) in [5, 5.41) is 9.48. The summed E-state index contributed by atoms with van der Waals surface area (Å²) >= 11 is 3.15. The number of nitrogens with two attached hydrogens (primary N) is 1. The van der Waals surface area contributed by atoms with Gasteiger partial charge in [0.25, 0.3) is 0 Å². The lowest BCUT2D eigenvalue weighted by Gasteiger charge is -1.97. The third-order valence-corrected chi connectivity index (χ3v) is 2.28.